The minimum atomic E-state index is -0.142. The molecule has 2 aromatic carbocycles. The van der Waals surface area contributed by atoms with Gasteiger partial charge in [-0.1, -0.05) is 28.1 Å². The summed E-state index contributed by atoms with van der Waals surface area (Å²) in [6.07, 6.45) is 5.01. The molecular weight excluding hydrogens is 422 g/mol. The number of halogens is 1. The molecule has 2 rings (SSSR count). The number of carbonyl (C=O) groups is 1. The summed E-state index contributed by atoms with van der Waals surface area (Å²) in [5.41, 5.74) is 2.03. The molecule has 2 aromatic rings. The predicted molar refractivity (Wildman–Crippen MR) is 115 cm³/mol. The van der Waals surface area contributed by atoms with Crippen molar-refractivity contribution in [3.8, 4) is 17.2 Å². The van der Waals surface area contributed by atoms with E-state index in [9.17, 15) is 4.79 Å². The second kappa shape index (κ2) is 10.8. The van der Waals surface area contributed by atoms with E-state index < -0.39 is 0 Å². The Kier molecular flexibility index (Phi) is 8.39. The van der Waals surface area contributed by atoms with Crippen molar-refractivity contribution in [2.24, 2.45) is 0 Å². The Labute approximate surface area is 174 Å². The first kappa shape index (κ1) is 21.8. The first-order chi connectivity index (χ1) is 13.5. The summed E-state index contributed by atoms with van der Waals surface area (Å²) in [5, 5.41) is 2.99. The third-order valence-corrected chi connectivity index (χ3v) is 4.81. The van der Waals surface area contributed by atoms with Gasteiger partial charge in [-0.3, -0.25) is 4.79 Å². The van der Waals surface area contributed by atoms with E-state index in [1.165, 1.54) is 11.6 Å². The quantitative estimate of drug-likeness (QED) is 0.569. The fourth-order valence-corrected chi connectivity index (χ4v) is 3.03. The van der Waals surface area contributed by atoms with Crippen LogP contribution in [0.4, 0.5) is 0 Å². The van der Waals surface area contributed by atoms with Crippen molar-refractivity contribution < 1.29 is 19.0 Å². The van der Waals surface area contributed by atoms with Crippen LogP contribution in [0.25, 0.3) is 6.08 Å². The number of amides is 1. The van der Waals surface area contributed by atoms with Gasteiger partial charge in [0.25, 0.3) is 0 Å². The summed E-state index contributed by atoms with van der Waals surface area (Å²) < 4.78 is 17.0. The van der Waals surface area contributed by atoms with Gasteiger partial charge in [-0.15, -0.1) is 0 Å². The molecule has 0 fully saturated rings. The lowest BCUT2D eigenvalue weighted by Crippen LogP contribution is -2.31. The Bertz CT molecular complexity index is 793. The first-order valence-electron chi connectivity index (χ1n) is 8.99. The highest BCUT2D eigenvalue weighted by Crippen LogP contribution is 2.38. The van der Waals surface area contributed by atoms with Gasteiger partial charge >= 0.3 is 0 Å². The Morgan fingerprint density at radius 2 is 1.68 bits per heavy atom. The largest absolute Gasteiger partial charge is 0.493 e. The van der Waals surface area contributed by atoms with Crippen LogP contribution >= 0.6 is 15.9 Å². The SMILES string of the molecule is COc1cc(C=CC(=O)NC(C)CCc2ccc(Br)cc2)cc(OC)c1OC. The molecule has 1 amide bonds. The molecular formula is C22H26BrNO4. The molecule has 1 N–H and O–H groups in total. The molecule has 5 nitrogen and oxygen atoms in total. The van der Waals surface area contributed by atoms with Crippen LogP contribution in [0.15, 0.2) is 46.9 Å². The predicted octanol–water partition coefficient (Wildman–Crippen LogP) is 4.63. The molecule has 28 heavy (non-hydrogen) atoms. The van der Waals surface area contributed by atoms with E-state index in [2.05, 4.69) is 33.4 Å². The summed E-state index contributed by atoms with van der Waals surface area (Å²) in [6, 6.07) is 11.9. The van der Waals surface area contributed by atoms with E-state index in [0.29, 0.717) is 17.2 Å². The zero-order valence-electron chi connectivity index (χ0n) is 16.6. The van der Waals surface area contributed by atoms with Crippen LogP contribution in [0, 0.1) is 0 Å². The summed E-state index contributed by atoms with van der Waals surface area (Å²) in [7, 11) is 4.67. The van der Waals surface area contributed by atoms with Crippen LogP contribution in [-0.2, 0) is 11.2 Å². The molecule has 1 unspecified atom stereocenters. The van der Waals surface area contributed by atoms with Gasteiger partial charge in [-0.05, 0) is 61.2 Å². The monoisotopic (exact) mass is 447 g/mol. The van der Waals surface area contributed by atoms with Crippen molar-refractivity contribution >= 4 is 27.9 Å². The highest BCUT2D eigenvalue weighted by atomic mass is 79.9. The average Bonchev–Trinajstić information content (AvgIpc) is 2.70. The third kappa shape index (κ3) is 6.30. The van der Waals surface area contributed by atoms with Gasteiger partial charge < -0.3 is 19.5 Å². The Hall–Kier alpha value is -2.47. The number of benzene rings is 2. The number of methoxy groups -OCH3 is 3. The van der Waals surface area contributed by atoms with Crippen molar-refractivity contribution in [1.29, 1.82) is 0 Å². The van der Waals surface area contributed by atoms with Gasteiger partial charge in [-0.2, -0.15) is 0 Å². The maximum absolute atomic E-state index is 12.2. The number of ether oxygens (including phenoxy) is 3. The number of hydrogen-bond donors (Lipinski definition) is 1. The molecule has 0 bridgehead atoms. The topological polar surface area (TPSA) is 56.8 Å². The highest BCUT2D eigenvalue weighted by molar-refractivity contribution is 9.10. The molecule has 150 valence electrons. The number of carbonyl (C=O) groups excluding carboxylic acids is 1. The fourth-order valence-electron chi connectivity index (χ4n) is 2.77. The van der Waals surface area contributed by atoms with Crippen LogP contribution in [0.2, 0.25) is 0 Å². The maximum Gasteiger partial charge on any atom is 0.244 e. The van der Waals surface area contributed by atoms with E-state index >= 15 is 0 Å². The van der Waals surface area contributed by atoms with Gasteiger partial charge in [0.15, 0.2) is 11.5 Å². The van der Waals surface area contributed by atoms with Gasteiger partial charge in [0.1, 0.15) is 0 Å². The molecule has 0 aromatic heterocycles. The van der Waals surface area contributed by atoms with Crippen molar-refractivity contribution in [1.82, 2.24) is 5.32 Å². The van der Waals surface area contributed by atoms with Crippen LogP contribution in [-0.4, -0.2) is 33.3 Å². The normalized spacial score (nSPS) is 11.9. The highest BCUT2D eigenvalue weighted by Gasteiger charge is 2.12. The Morgan fingerprint density at radius 1 is 1.07 bits per heavy atom. The Balaban J connectivity index is 1.94. The molecule has 6 heteroatoms. The second-order valence-corrected chi connectivity index (χ2v) is 7.28. The lowest BCUT2D eigenvalue weighted by Gasteiger charge is -2.13. The molecule has 0 saturated heterocycles. The van der Waals surface area contributed by atoms with Gasteiger partial charge in [-0.25, -0.2) is 0 Å². The summed E-state index contributed by atoms with van der Waals surface area (Å²) >= 11 is 3.43. The van der Waals surface area contributed by atoms with E-state index in [4.69, 9.17) is 14.2 Å². The minimum absolute atomic E-state index is 0.0701. The van der Waals surface area contributed by atoms with E-state index in [1.807, 2.05) is 19.1 Å². The van der Waals surface area contributed by atoms with Crippen LogP contribution in [0.3, 0.4) is 0 Å². The average molecular weight is 448 g/mol. The molecule has 0 heterocycles. The summed E-state index contributed by atoms with van der Waals surface area (Å²) in [5.74, 6) is 1.47. The van der Waals surface area contributed by atoms with Gasteiger partial charge in [0.05, 0.1) is 21.3 Å². The zero-order chi connectivity index (χ0) is 20.5. The number of rotatable bonds is 9. The first-order valence-corrected chi connectivity index (χ1v) is 9.79. The van der Waals surface area contributed by atoms with Crippen molar-refractivity contribution in [3.63, 3.8) is 0 Å². The lowest BCUT2D eigenvalue weighted by atomic mass is 10.1. The van der Waals surface area contributed by atoms with Gasteiger partial charge in [0, 0.05) is 16.6 Å². The number of hydrogen-bond acceptors (Lipinski definition) is 4. The fraction of sp³-hybridized carbons (Fsp3) is 0.318. The van der Waals surface area contributed by atoms with Crippen LogP contribution in [0.5, 0.6) is 17.2 Å². The van der Waals surface area contributed by atoms with Crippen molar-refractivity contribution in [2.75, 3.05) is 21.3 Å². The molecule has 0 aliphatic carbocycles. The molecule has 1 atom stereocenters. The number of aryl methyl sites for hydroxylation is 1. The molecule has 0 aliphatic rings. The van der Waals surface area contributed by atoms with E-state index in [1.54, 1.807) is 39.5 Å². The van der Waals surface area contributed by atoms with Crippen molar-refractivity contribution in [3.05, 3.63) is 58.1 Å². The standard InChI is InChI=1S/C22H26BrNO4/c1-15(5-6-16-7-10-18(23)11-8-16)24-21(25)12-9-17-13-19(26-2)22(28-4)20(14-17)27-3/h7-15H,5-6H2,1-4H3,(H,24,25). The molecule has 0 saturated carbocycles. The van der Waals surface area contributed by atoms with Crippen LogP contribution < -0.4 is 19.5 Å². The van der Waals surface area contributed by atoms with Crippen molar-refractivity contribution in [2.45, 2.75) is 25.8 Å². The smallest absolute Gasteiger partial charge is 0.244 e. The third-order valence-electron chi connectivity index (χ3n) is 4.28. The van der Waals surface area contributed by atoms with E-state index in [-0.39, 0.29) is 11.9 Å². The molecule has 0 spiro atoms. The second-order valence-electron chi connectivity index (χ2n) is 6.37. The maximum atomic E-state index is 12.2. The molecule has 0 radical (unpaired) electrons. The molecule has 0 aliphatic heterocycles. The van der Waals surface area contributed by atoms with Gasteiger partial charge in [0.2, 0.25) is 11.7 Å². The zero-order valence-corrected chi connectivity index (χ0v) is 18.2. The van der Waals surface area contributed by atoms with Crippen LogP contribution in [0.1, 0.15) is 24.5 Å². The summed E-state index contributed by atoms with van der Waals surface area (Å²) in [4.78, 5) is 12.2. The van der Waals surface area contributed by atoms with E-state index in [0.717, 1.165) is 22.9 Å². The Morgan fingerprint density at radius 3 is 2.21 bits per heavy atom. The summed E-state index contributed by atoms with van der Waals surface area (Å²) in [6.45, 7) is 2.00. The lowest BCUT2D eigenvalue weighted by molar-refractivity contribution is -0.117. The minimum Gasteiger partial charge on any atom is -0.493 e. The number of nitrogens with one attached hydrogen (secondary N) is 1.